The number of alkyl halides is 1. The van der Waals surface area contributed by atoms with Crippen molar-refractivity contribution in [3.8, 4) is 0 Å². The molecule has 0 aliphatic heterocycles. The van der Waals surface area contributed by atoms with Crippen molar-refractivity contribution in [3.05, 3.63) is 56.2 Å². The molecule has 2 nitrogen and oxygen atoms in total. The normalized spacial score (nSPS) is 10.3. The third kappa shape index (κ3) is 3.67. The molecule has 0 aliphatic rings. The van der Waals surface area contributed by atoms with E-state index >= 15 is 0 Å². The Bertz CT molecular complexity index is 536. The molecule has 0 bridgehead atoms. The van der Waals surface area contributed by atoms with Crippen molar-refractivity contribution in [1.29, 1.82) is 0 Å². The Morgan fingerprint density at radius 3 is 2.33 bits per heavy atom. The number of thiophene rings is 1. The second-order valence-corrected chi connectivity index (χ2v) is 6.76. The van der Waals surface area contributed by atoms with Gasteiger partial charge in [0.25, 0.3) is 5.91 Å². The number of halogens is 2. The van der Waals surface area contributed by atoms with Crippen LogP contribution >= 0.6 is 43.2 Å². The minimum absolute atomic E-state index is 0.0322. The van der Waals surface area contributed by atoms with Crippen molar-refractivity contribution in [3.63, 3.8) is 0 Å². The average molecular weight is 389 g/mol. The summed E-state index contributed by atoms with van der Waals surface area (Å²) in [7, 11) is 0. The molecule has 1 aromatic carbocycles. The second-order valence-electron chi connectivity index (χ2n) is 3.74. The molecule has 1 aromatic heterocycles. The summed E-state index contributed by atoms with van der Waals surface area (Å²) in [4.78, 5) is 12.5. The van der Waals surface area contributed by atoms with E-state index in [1.807, 2.05) is 24.3 Å². The van der Waals surface area contributed by atoms with Crippen LogP contribution in [0.25, 0.3) is 0 Å². The fourth-order valence-corrected chi connectivity index (χ4v) is 3.13. The summed E-state index contributed by atoms with van der Waals surface area (Å²) < 4.78 is 0.967. The van der Waals surface area contributed by atoms with Gasteiger partial charge in [-0.15, -0.1) is 11.3 Å². The van der Waals surface area contributed by atoms with Gasteiger partial charge in [-0.2, -0.15) is 0 Å². The lowest BCUT2D eigenvalue weighted by molar-refractivity contribution is 0.0955. The molecule has 5 heteroatoms. The summed E-state index contributed by atoms with van der Waals surface area (Å²) in [6.07, 6.45) is 0. The molecular weight excluding hydrogens is 378 g/mol. The number of rotatable bonds is 4. The molecule has 18 heavy (non-hydrogen) atoms. The highest BCUT2D eigenvalue weighted by Gasteiger charge is 2.07. The number of hydrogen-bond acceptors (Lipinski definition) is 2. The van der Waals surface area contributed by atoms with Crippen LogP contribution in [0.5, 0.6) is 0 Å². The minimum atomic E-state index is -0.0322. The van der Waals surface area contributed by atoms with Crippen LogP contribution in [0.1, 0.15) is 20.8 Å². The minimum Gasteiger partial charge on any atom is -0.347 e. The smallest absolute Gasteiger partial charge is 0.261 e. The van der Waals surface area contributed by atoms with E-state index in [2.05, 4.69) is 49.3 Å². The maximum absolute atomic E-state index is 11.8. The Morgan fingerprint density at radius 1 is 1.11 bits per heavy atom. The first-order chi connectivity index (χ1) is 8.69. The fourth-order valence-electron chi connectivity index (χ4n) is 1.45. The van der Waals surface area contributed by atoms with E-state index in [1.165, 1.54) is 16.9 Å². The molecule has 1 amide bonds. The Hall–Kier alpha value is -0.650. The van der Waals surface area contributed by atoms with E-state index in [4.69, 9.17) is 0 Å². The largest absolute Gasteiger partial charge is 0.347 e. The van der Waals surface area contributed by atoms with Gasteiger partial charge in [-0.25, -0.2) is 0 Å². The van der Waals surface area contributed by atoms with E-state index in [0.29, 0.717) is 6.54 Å². The average Bonchev–Trinajstić information content (AvgIpc) is 2.83. The van der Waals surface area contributed by atoms with Gasteiger partial charge in [0, 0.05) is 11.9 Å². The van der Waals surface area contributed by atoms with Crippen LogP contribution < -0.4 is 5.32 Å². The molecule has 0 radical (unpaired) electrons. The molecule has 0 aliphatic carbocycles. The van der Waals surface area contributed by atoms with E-state index in [-0.39, 0.29) is 5.91 Å². The summed E-state index contributed by atoms with van der Waals surface area (Å²) in [5, 5.41) is 3.76. The molecular formula is C13H11Br2NOS. The van der Waals surface area contributed by atoms with Gasteiger partial charge in [-0.1, -0.05) is 40.2 Å². The molecule has 94 valence electrons. The van der Waals surface area contributed by atoms with Crippen LogP contribution in [-0.4, -0.2) is 5.91 Å². The molecule has 0 saturated carbocycles. The maximum atomic E-state index is 11.8. The van der Waals surface area contributed by atoms with E-state index in [1.54, 1.807) is 0 Å². The SMILES string of the molecule is O=C(NCc1ccc(CBr)cc1)c1ccc(Br)s1. The predicted molar refractivity (Wildman–Crippen MR) is 82.3 cm³/mol. The number of amides is 1. The van der Waals surface area contributed by atoms with Crippen molar-refractivity contribution in [2.24, 2.45) is 0 Å². The summed E-state index contributed by atoms with van der Waals surface area (Å²) in [6.45, 7) is 0.552. The molecule has 2 rings (SSSR count). The zero-order valence-electron chi connectivity index (χ0n) is 9.45. The quantitative estimate of drug-likeness (QED) is 0.775. The number of carbonyl (C=O) groups excluding carboxylic acids is 1. The summed E-state index contributed by atoms with van der Waals surface area (Å²) >= 11 is 8.19. The van der Waals surface area contributed by atoms with Crippen LogP contribution in [0.15, 0.2) is 40.2 Å². The molecule has 1 heterocycles. The lowest BCUT2D eigenvalue weighted by atomic mass is 10.1. The molecule has 0 unspecified atom stereocenters. The molecule has 1 N–H and O–H groups in total. The van der Waals surface area contributed by atoms with Gasteiger partial charge in [-0.05, 0) is 39.2 Å². The summed E-state index contributed by atoms with van der Waals surface area (Å²) in [6, 6.07) is 11.9. The third-order valence-electron chi connectivity index (χ3n) is 2.43. The van der Waals surface area contributed by atoms with Gasteiger partial charge in [0.1, 0.15) is 0 Å². The van der Waals surface area contributed by atoms with Crippen molar-refractivity contribution in [1.82, 2.24) is 5.32 Å². The highest BCUT2D eigenvalue weighted by molar-refractivity contribution is 9.11. The van der Waals surface area contributed by atoms with Crippen LogP contribution in [0.2, 0.25) is 0 Å². The first-order valence-electron chi connectivity index (χ1n) is 5.36. The Morgan fingerprint density at radius 2 is 1.78 bits per heavy atom. The highest BCUT2D eigenvalue weighted by Crippen LogP contribution is 2.21. The number of benzene rings is 1. The van der Waals surface area contributed by atoms with Crippen LogP contribution in [0.4, 0.5) is 0 Å². The summed E-state index contributed by atoms with van der Waals surface area (Å²) in [5.41, 5.74) is 2.33. The summed E-state index contributed by atoms with van der Waals surface area (Å²) in [5.74, 6) is -0.0322. The van der Waals surface area contributed by atoms with Gasteiger partial charge in [0.05, 0.1) is 8.66 Å². The maximum Gasteiger partial charge on any atom is 0.261 e. The number of carbonyl (C=O) groups is 1. The third-order valence-corrected chi connectivity index (χ3v) is 4.70. The van der Waals surface area contributed by atoms with Crippen LogP contribution in [0.3, 0.4) is 0 Å². The highest BCUT2D eigenvalue weighted by atomic mass is 79.9. The number of hydrogen-bond donors (Lipinski definition) is 1. The van der Waals surface area contributed by atoms with Gasteiger partial charge in [0.15, 0.2) is 0 Å². The van der Waals surface area contributed by atoms with E-state index < -0.39 is 0 Å². The van der Waals surface area contributed by atoms with Gasteiger partial charge >= 0.3 is 0 Å². The van der Waals surface area contributed by atoms with Gasteiger partial charge in [0.2, 0.25) is 0 Å². The lowest BCUT2D eigenvalue weighted by Crippen LogP contribution is -2.21. The van der Waals surface area contributed by atoms with Crippen molar-refractivity contribution >= 4 is 49.1 Å². The lowest BCUT2D eigenvalue weighted by Gasteiger charge is -2.04. The standard InChI is InChI=1S/C13H11Br2NOS/c14-7-9-1-3-10(4-2-9)8-16-13(17)11-5-6-12(15)18-11/h1-6H,7-8H2,(H,16,17). The van der Waals surface area contributed by atoms with Gasteiger partial charge < -0.3 is 5.32 Å². The first kappa shape index (κ1) is 13.8. The molecule has 2 aromatic rings. The van der Waals surface area contributed by atoms with Crippen molar-refractivity contribution in [2.45, 2.75) is 11.9 Å². The van der Waals surface area contributed by atoms with E-state index in [0.717, 1.165) is 19.6 Å². The monoisotopic (exact) mass is 387 g/mol. The van der Waals surface area contributed by atoms with Crippen molar-refractivity contribution in [2.75, 3.05) is 0 Å². The zero-order valence-corrected chi connectivity index (χ0v) is 13.4. The van der Waals surface area contributed by atoms with Crippen molar-refractivity contribution < 1.29 is 4.79 Å². The molecule has 0 spiro atoms. The molecule has 0 fully saturated rings. The van der Waals surface area contributed by atoms with Crippen LogP contribution in [-0.2, 0) is 11.9 Å². The molecule has 0 saturated heterocycles. The second kappa shape index (κ2) is 6.50. The Balaban J connectivity index is 1.92. The first-order valence-corrected chi connectivity index (χ1v) is 8.09. The predicted octanol–water partition coefficient (Wildman–Crippen LogP) is 4.34. The van der Waals surface area contributed by atoms with Crippen LogP contribution in [0, 0.1) is 0 Å². The van der Waals surface area contributed by atoms with Gasteiger partial charge in [-0.3, -0.25) is 4.79 Å². The Kier molecular flexibility index (Phi) is 4.97. The van der Waals surface area contributed by atoms with E-state index in [9.17, 15) is 4.79 Å². The molecule has 0 atom stereocenters. The zero-order chi connectivity index (χ0) is 13.0. The topological polar surface area (TPSA) is 29.1 Å². The Labute approximate surface area is 127 Å². The number of nitrogens with one attached hydrogen (secondary N) is 1. The fraction of sp³-hybridized carbons (Fsp3) is 0.154.